The third kappa shape index (κ3) is 5.61. The van der Waals surface area contributed by atoms with Crippen LogP contribution >= 0.6 is 0 Å². The van der Waals surface area contributed by atoms with Gasteiger partial charge in [-0.2, -0.15) is 0 Å². The van der Waals surface area contributed by atoms with Crippen molar-refractivity contribution in [3.8, 4) is 5.75 Å². The number of carbonyl (C=O) groups is 1. The molecule has 0 aliphatic rings. The van der Waals surface area contributed by atoms with E-state index in [-0.39, 0.29) is 17.1 Å². The highest BCUT2D eigenvalue weighted by Gasteiger charge is 2.31. The fourth-order valence-electron chi connectivity index (χ4n) is 3.32. The van der Waals surface area contributed by atoms with Crippen LogP contribution in [-0.4, -0.2) is 20.8 Å². The van der Waals surface area contributed by atoms with Crippen molar-refractivity contribution in [2.24, 2.45) is 0 Å². The van der Waals surface area contributed by atoms with Gasteiger partial charge < -0.3 is 4.74 Å². The van der Waals surface area contributed by atoms with Gasteiger partial charge in [-0.05, 0) is 50.1 Å². The smallest absolute Gasteiger partial charge is 0.185 e. The van der Waals surface area contributed by atoms with E-state index in [0.717, 1.165) is 17.5 Å². The van der Waals surface area contributed by atoms with Gasteiger partial charge in [-0.25, -0.2) is 8.42 Å². The summed E-state index contributed by atoms with van der Waals surface area (Å²) in [4.78, 5) is 13.2. The molecule has 162 valence electrons. The lowest BCUT2D eigenvalue weighted by molar-refractivity contribution is 0.0980. The van der Waals surface area contributed by atoms with E-state index in [1.165, 1.54) is 0 Å². The Morgan fingerprint density at radius 3 is 1.94 bits per heavy atom. The van der Waals surface area contributed by atoms with E-state index in [1.54, 1.807) is 60.7 Å². The maximum absolute atomic E-state index is 13.5. The van der Waals surface area contributed by atoms with Gasteiger partial charge >= 0.3 is 0 Å². The van der Waals surface area contributed by atoms with Crippen LogP contribution in [0.1, 0.15) is 52.1 Å². The van der Waals surface area contributed by atoms with Crippen LogP contribution in [0, 0.1) is 13.8 Å². The minimum Gasteiger partial charge on any atom is -0.494 e. The van der Waals surface area contributed by atoms with E-state index in [2.05, 4.69) is 0 Å². The van der Waals surface area contributed by atoms with Crippen LogP contribution in [0.3, 0.4) is 0 Å². The molecule has 3 aromatic rings. The average molecular weight is 437 g/mol. The summed E-state index contributed by atoms with van der Waals surface area (Å²) in [5.74, 6) is 0.481. The molecule has 0 aliphatic heterocycles. The summed E-state index contributed by atoms with van der Waals surface area (Å²) in [6.07, 6.45) is 0.756. The second kappa shape index (κ2) is 9.92. The summed E-state index contributed by atoms with van der Waals surface area (Å²) in [5, 5.41) is -0.982. The monoisotopic (exact) mass is 436 g/mol. The molecule has 0 saturated heterocycles. The maximum Gasteiger partial charge on any atom is 0.185 e. The Kier molecular flexibility index (Phi) is 7.29. The molecule has 0 aromatic heterocycles. The third-order valence-corrected chi connectivity index (χ3v) is 7.31. The number of carbonyl (C=O) groups excluding carboxylic acids is 1. The second-order valence-corrected chi connectivity index (χ2v) is 9.89. The molecule has 0 unspecified atom stereocenters. The Morgan fingerprint density at radius 2 is 1.39 bits per heavy atom. The highest BCUT2D eigenvalue weighted by atomic mass is 32.2. The van der Waals surface area contributed by atoms with Crippen molar-refractivity contribution in [1.82, 2.24) is 0 Å². The number of benzene rings is 3. The van der Waals surface area contributed by atoms with Crippen LogP contribution in [0.4, 0.5) is 0 Å². The normalized spacial score (nSPS) is 12.4. The van der Waals surface area contributed by atoms with Crippen molar-refractivity contribution in [2.75, 3.05) is 6.61 Å². The molecule has 0 aliphatic carbocycles. The molecule has 31 heavy (non-hydrogen) atoms. The van der Waals surface area contributed by atoms with Crippen LogP contribution in [0.2, 0.25) is 0 Å². The lowest BCUT2D eigenvalue weighted by Crippen LogP contribution is -2.18. The summed E-state index contributed by atoms with van der Waals surface area (Å²) in [6, 6.07) is 21.0. The summed E-state index contributed by atoms with van der Waals surface area (Å²) in [6.45, 7) is 6.47. The predicted molar refractivity (Wildman–Crippen MR) is 123 cm³/mol. The molecule has 0 amide bonds. The Morgan fingerprint density at radius 1 is 0.839 bits per heavy atom. The molecule has 0 saturated carbocycles. The Labute approximate surface area is 184 Å². The van der Waals surface area contributed by atoms with Crippen LogP contribution in [0.5, 0.6) is 5.75 Å². The molecule has 4 nitrogen and oxygen atoms in total. The largest absolute Gasteiger partial charge is 0.494 e. The van der Waals surface area contributed by atoms with Crippen LogP contribution in [0.25, 0.3) is 0 Å². The zero-order valence-corrected chi connectivity index (χ0v) is 19.0. The zero-order valence-electron chi connectivity index (χ0n) is 18.2. The second-order valence-electron chi connectivity index (χ2n) is 7.76. The predicted octanol–water partition coefficient (Wildman–Crippen LogP) is 5.88. The number of Topliss-reactive ketones (excluding diaryl/α,β-unsaturated/α-hetero) is 1. The first-order chi connectivity index (χ1) is 14.8. The molecule has 5 heteroatoms. The van der Waals surface area contributed by atoms with Gasteiger partial charge in [0.25, 0.3) is 0 Å². The van der Waals surface area contributed by atoms with Crippen molar-refractivity contribution in [3.05, 3.63) is 95.1 Å². The quantitative estimate of drug-likeness (QED) is 0.393. The number of hydrogen-bond donors (Lipinski definition) is 0. The molecule has 0 spiro atoms. The van der Waals surface area contributed by atoms with Crippen LogP contribution in [0.15, 0.2) is 77.7 Å². The number of ether oxygens (including phenoxy) is 1. The number of hydrogen-bond acceptors (Lipinski definition) is 4. The molecular weight excluding hydrogens is 408 g/mol. The van der Waals surface area contributed by atoms with Gasteiger partial charge in [0.15, 0.2) is 15.6 Å². The summed E-state index contributed by atoms with van der Waals surface area (Å²) in [5.41, 5.74) is 3.11. The standard InChI is InChI=1S/C26H28O4S/c1-4-17-30-23-13-11-22(12-14-23)26(18-25(27)21-9-5-19(2)6-10-21)31(28,29)24-15-7-20(3)8-16-24/h5-16,26H,4,17-18H2,1-3H3/t26-/m0/s1. The molecule has 0 heterocycles. The minimum absolute atomic E-state index is 0.131. The lowest BCUT2D eigenvalue weighted by Gasteiger charge is -2.19. The number of ketones is 1. The Hall–Kier alpha value is -2.92. The Bertz CT molecular complexity index is 1110. The fraction of sp³-hybridized carbons (Fsp3) is 0.269. The van der Waals surface area contributed by atoms with Crippen molar-refractivity contribution < 1.29 is 17.9 Å². The van der Waals surface area contributed by atoms with Gasteiger partial charge in [0.2, 0.25) is 0 Å². The van der Waals surface area contributed by atoms with E-state index in [0.29, 0.717) is 23.5 Å². The first kappa shape index (κ1) is 22.8. The summed E-state index contributed by atoms with van der Waals surface area (Å²) in [7, 11) is -3.77. The lowest BCUT2D eigenvalue weighted by atomic mass is 10.0. The van der Waals surface area contributed by atoms with Gasteiger partial charge in [-0.1, -0.05) is 66.6 Å². The molecule has 3 aromatic carbocycles. The highest BCUT2D eigenvalue weighted by molar-refractivity contribution is 7.91. The van der Waals surface area contributed by atoms with Gasteiger partial charge in [0.1, 0.15) is 5.75 Å². The first-order valence-electron chi connectivity index (χ1n) is 10.4. The molecule has 0 bridgehead atoms. The zero-order chi connectivity index (χ0) is 22.4. The fourth-order valence-corrected chi connectivity index (χ4v) is 5.05. The molecule has 3 rings (SSSR count). The molecule has 1 atom stereocenters. The average Bonchev–Trinajstić information content (AvgIpc) is 2.77. The molecule has 0 radical (unpaired) electrons. The van der Waals surface area contributed by atoms with Crippen LogP contribution in [-0.2, 0) is 9.84 Å². The number of sulfone groups is 1. The highest BCUT2D eigenvalue weighted by Crippen LogP contribution is 2.34. The van der Waals surface area contributed by atoms with E-state index in [4.69, 9.17) is 4.74 Å². The van der Waals surface area contributed by atoms with E-state index in [9.17, 15) is 13.2 Å². The first-order valence-corrected chi connectivity index (χ1v) is 12.0. The summed E-state index contributed by atoms with van der Waals surface area (Å²) >= 11 is 0. The summed E-state index contributed by atoms with van der Waals surface area (Å²) < 4.78 is 32.7. The minimum atomic E-state index is -3.77. The van der Waals surface area contributed by atoms with Crippen LogP contribution < -0.4 is 4.74 Å². The molecule has 0 N–H and O–H groups in total. The van der Waals surface area contributed by atoms with Crippen molar-refractivity contribution >= 4 is 15.6 Å². The van der Waals surface area contributed by atoms with E-state index >= 15 is 0 Å². The van der Waals surface area contributed by atoms with E-state index < -0.39 is 15.1 Å². The van der Waals surface area contributed by atoms with Crippen molar-refractivity contribution in [3.63, 3.8) is 0 Å². The maximum atomic E-state index is 13.5. The molecule has 0 fully saturated rings. The van der Waals surface area contributed by atoms with Gasteiger partial charge in [0, 0.05) is 12.0 Å². The van der Waals surface area contributed by atoms with Gasteiger partial charge in [-0.3, -0.25) is 4.79 Å². The third-order valence-electron chi connectivity index (χ3n) is 5.19. The van der Waals surface area contributed by atoms with Crippen molar-refractivity contribution in [1.29, 1.82) is 0 Å². The van der Waals surface area contributed by atoms with Gasteiger partial charge in [-0.15, -0.1) is 0 Å². The SMILES string of the molecule is CCCOc1ccc([C@H](CC(=O)c2ccc(C)cc2)S(=O)(=O)c2ccc(C)cc2)cc1. The van der Waals surface area contributed by atoms with Crippen molar-refractivity contribution in [2.45, 2.75) is 43.8 Å². The molecular formula is C26H28O4S. The number of aryl methyl sites for hydroxylation is 2. The Balaban J connectivity index is 1.97. The topological polar surface area (TPSA) is 60.4 Å². The number of rotatable bonds is 9. The van der Waals surface area contributed by atoms with E-state index in [1.807, 2.05) is 32.9 Å². The van der Waals surface area contributed by atoms with Gasteiger partial charge in [0.05, 0.1) is 16.8 Å².